The van der Waals surface area contributed by atoms with Crippen LogP contribution in [-0.2, 0) is 11.2 Å². The highest BCUT2D eigenvalue weighted by Gasteiger charge is 2.31. The number of nitrogens with one attached hydrogen (secondary N) is 1. The Hall–Kier alpha value is -1.04. The second kappa shape index (κ2) is 4.65. The molecule has 15 heavy (non-hydrogen) atoms. The van der Waals surface area contributed by atoms with Gasteiger partial charge < -0.3 is 5.11 Å². The van der Waals surface area contributed by atoms with Gasteiger partial charge in [-0.25, -0.2) is 9.03 Å². The van der Waals surface area contributed by atoms with E-state index in [1.807, 2.05) is 30.3 Å². The van der Waals surface area contributed by atoms with Gasteiger partial charge in [-0.15, -0.1) is 0 Å². The fraction of sp³-hybridized carbons (Fsp3) is 0.300. The molecule has 1 aliphatic heterocycles. The van der Waals surface area contributed by atoms with Crippen molar-refractivity contribution in [2.75, 3.05) is 6.73 Å². The summed E-state index contributed by atoms with van der Waals surface area (Å²) in [4.78, 5) is 11.6. The molecule has 1 atom stereocenters. The molecule has 1 aliphatic rings. The van der Waals surface area contributed by atoms with Crippen molar-refractivity contribution in [1.82, 2.24) is 9.03 Å². The summed E-state index contributed by atoms with van der Waals surface area (Å²) in [5.74, 6) is -0.0636. The minimum atomic E-state index is -0.248. The van der Waals surface area contributed by atoms with Crippen LogP contribution in [0.2, 0.25) is 0 Å². The lowest BCUT2D eigenvalue weighted by molar-refractivity contribution is -0.128. The molecule has 0 aromatic heterocycles. The Labute approximate surface area is 92.5 Å². The number of aliphatic hydroxyl groups excluding tert-OH is 1. The molecule has 80 valence electrons. The summed E-state index contributed by atoms with van der Waals surface area (Å²) in [5.41, 5.74) is 1.11. The second-order valence-electron chi connectivity index (χ2n) is 3.31. The molecule has 0 radical (unpaired) electrons. The van der Waals surface area contributed by atoms with Gasteiger partial charge in [0.1, 0.15) is 12.8 Å². The van der Waals surface area contributed by atoms with E-state index in [4.69, 9.17) is 5.11 Å². The second-order valence-corrected chi connectivity index (χ2v) is 4.17. The molecule has 1 aromatic carbocycles. The van der Waals surface area contributed by atoms with E-state index in [1.165, 1.54) is 4.31 Å². The molecule has 1 heterocycles. The molecule has 5 heteroatoms. The van der Waals surface area contributed by atoms with Gasteiger partial charge >= 0.3 is 0 Å². The Morgan fingerprint density at radius 3 is 2.73 bits per heavy atom. The van der Waals surface area contributed by atoms with Gasteiger partial charge in [-0.1, -0.05) is 30.3 Å². The van der Waals surface area contributed by atoms with Gasteiger partial charge in [0, 0.05) is 12.1 Å². The largest absolute Gasteiger partial charge is 0.375 e. The zero-order chi connectivity index (χ0) is 10.7. The first-order valence-electron chi connectivity index (χ1n) is 4.70. The van der Waals surface area contributed by atoms with Crippen LogP contribution in [0.1, 0.15) is 5.56 Å². The van der Waals surface area contributed by atoms with Crippen molar-refractivity contribution >= 4 is 18.0 Å². The third-order valence-corrected chi connectivity index (χ3v) is 3.17. The van der Waals surface area contributed by atoms with Gasteiger partial charge in [-0.05, 0) is 12.0 Å². The van der Waals surface area contributed by atoms with Crippen molar-refractivity contribution in [3.63, 3.8) is 0 Å². The topological polar surface area (TPSA) is 52.6 Å². The Kier molecular flexibility index (Phi) is 3.25. The lowest BCUT2D eigenvalue weighted by Gasteiger charge is -2.09. The van der Waals surface area contributed by atoms with Gasteiger partial charge in [-0.2, -0.15) is 0 Å². The predicted octanol–water partition coefficient (Wildman–Crippen LogP) is 0.542. The lowest BCUT2D eigenvalue weighted by Crippen LogP contribution is -2.32. The van der Waals surface area contributed by atoms with Crippen molar-refractivity contribution in [2.24, 2.45) is 0 Å². The molecule has 1 amide bonds. The Morgan fingerprint density at radius 2 is 2.13 bits per heavy atom. The van der Waals surface area contributed by atoms with Gasteiger partial charge in [0.15, 0.2) is 0 Å². The van der Waals surface area contributed by atoms with Crippen molar-refractivity contribution in [3.05, 3.63) is 35.9 Å². The van der Waals surface area contributed by atoms with E-state index >= 15 is 0 Å². The van der Waals surface area contributed by atoms with Gasteiger partial charge in [0.2, 0.25) is 0 Å². The van der Waals surface area contributed by atoms with Crippen LogP contribution in [-0.4, -0.2) is 28.1 Å². The smallest absolute Gasteiger partial charge is 0.253 e. The molecule has 1 unspecified atom stereocenters. The average molecular weight is 224 g/mol. The summed E-state index contributed by atoms with van der Waals surface area (Å²) in [6.45, 7) is -0.248. The van der Waals surface area contributed by atoms with Crippen molar-refractivity contribution < 1.29 is 9.90 Å². The van der Waals surface area contributed by atoms with E-state index in [9.17, 15) is 4.79 Å². The highest BCUT2D eigenvalue weighted by molar-refractivity contribution is 7.96. The summed E-state index contributed by atoms with van der Waals surface area (Å²) >= 11 is 1.16. The molecule has 1 aromatic rings. The number of nitrogens with zero attached hydrogens (tertiary/aromatic N) is 1. The predicted molar refractivity (Wildman–Crippen MR) is 58.6 cm³/mol. The third kappa shape index (κ3) is 2.31. The van der Waals surface area contributed by atoms with Crippen LogP contribution in [0.15, 0.2) is 30.3 Å². The summed E-state index contributed by atoms with van der Waals surface area (Å²) < 4.78 is 4.30. The Balaban J connectivity index is 2.00. The number of aliphatic hydroxyl groups is 1. The van der Waals surface area contributed by atoms with E-state index in [2.05, 4.69) is 4.72 Å². The van der Waals surface area contributed by atoms with E-state index in [0.717, 1.165) is 17.7 Å². The molecule has 4 nitrogen and oxygen atoms in total. The summed E-state index contributed by atoms with van der Waals surface area (Å²) in [6.07, 6.45) is 0.656. The number of hydrogen-bond donors (Lipinski definition) is 2. The molecule has 1 fully saturated rings. The summed E-state index contributed by atoms with van der Waals surface area (Å²) in [7, 11) is 0. The standard InChI is InChI=1S/C10H12N2O2S/c13-7-12-10(14)9(11-15-12)6-8-4-2-1-3-5-8/h1-5,9,11,13H,6-7H2. The van der Waals surface area contributed by atoms with Crippen molar-refractivity contribution in [3.8, 4) is 0 Å². The molecule has 0 aliphatic carbocycles. The number of rotatable bonds is 3. The minimum Gasteiger partial charge on any atom is -0.375 e. The summed E-state index contributed by atoms with van der Waals surface area (Å²) in [6, 6.07) is 9.59. The monoisotopic (exact) mass is 224 g/mol. The van der Waals surface area contributed by atoms with Gasteiger partial charge in [0.25, 0.3) is 5.91 Å². The maximum absolute atomic E-state index is 11.6. The molecular weight excluding hydrogens is 212 g/mol. The maximum Gasteiger partial charge on any atom is 0.253 e. The number of benzene rings is 1. The SMILES string of the molecule is O=C1C(Cc2ccccc2)NSN1CO. The lowest BCUT2D eigenvalue weighted by atomic mass is 10.1. The van der Waals surface area contributed by atoms with Crippen LogP contribution < -0.4 is 4.72 Å². The third-order valence-electron chi connectivity index (χ3n) is 2.26. The fourth-order valence-electron chi connectivity index (χ4n) is 1.47. The molecule has 1 saturated heterocycles. The average Bonchev–Trinajstić information content (AvgIpc) is 2.62. The number of carbonyl (C=O) groups excluding carboxylic acids is 1. The zero-order valence-corrected chi connectivity index (χ0v) is 8.91. The van der Waals surface area contributed by atoms with E-state index < -0.39 is 0 Å². The van der Waals surface area contributed by atoms with Crippen LogP contribution in [0.5, 0.6) is 0 Å². The molecule has 0 spiro atoms. The molecule has 0 bridgehead atoms. The van der Waals surface area contributed by atoms with Crippen LogP contribution in [0, 0.1) is 0 Å². The molecule has 2 rings (SSSR count). The molecule has 2 N–H and O–H groups in total. The molecular formula is C10H12N2O2S. The fourth-order valence-corrected chi connectivity index (χ4v) is 2.19. The first kappa shape index (κ1) is 10.5. The van der Waals surface area contributed by atoms with Gasteiger partial charge in [-0.3, -0.25) is 4.79 Å². The van der Waals surface area contributed by atoms with Crippen molar-refractivity contribution in [1.29, 1.82) is 0 Å². The highest BCUT2D eigenvalue weighted by Crippen LogP contribution is 2.19. The van der Waals surface area contributed by atoms with Crippen LogP contribution in [0.4, 0.5) is 0 Å². The minimum absolute atomic E-state index is 0.0636. The Morgan fingerprint density at radius 1 is 1.40 bits per heavy atom. The normalized spacial score (nSPS) is 21.0. The molecule has 0 saturated carbocycles. The highest BCUT2D eigenvalue weighted by atomic mass is 32.2. The van der Waals surface area contributed by atoms with Crippen LogP contribution in [0.25, 0.3) is 0 Å². The quantitative estimate of drug-likeness (QED) is 0.736. The van der Waals surface area contributed by atoms with E-state index in [0.29, 0.717) is 6.42 Å². The number of carbonyl (C=O) groups is 1. The van der Waals surface area contributed by atoms with Gasteiger partial charge in [0.05, 0.1) is 0 Å². The first-order chi connectivity index (χ1) is 7.31. The number of amides is 1. The Bertz CT molecular complexity index is 345. The van der Waals surface area contributed by atoms with E-state index in [1.54, 1.807) is 0 Å². The summed E-state index contributed by atoms with van der Waals surface area (Å²) in [5, 5.41) is 8.86. The maximum atomic E-state index is 11.6. The zero-order valence-electron chi connectivity index (χ0n) is 8.09. The van der Waals surface area contributed by atoms with Crippen LogP contribution >= 0.6 is 12.1 Å². The number of hydrogen-bond acceptors (Lipinski definition) is 4. The van der Waals surface area contributed by atoms with Crippen LogP contribution in [0.3, 0.4) is 0 Å². The van der Waals surface area contributed by atoms with Crippen molar-refractivity contribution in [2.45, 2.75) is 12.5 Å². The first-order valence-corrected chi connectivity index (χ1v) is 5.47. The van der Waals surface area contributed by atoms with E-state index in [-0.39, 0.29) is 18.7 Å².